The van der Waals surface area contributed by atoms with Crippen molar-refractivity contribution in [3.63, 3.8) is 0 Å². The second-order valence-corrected chi connectivity index (χ2v) is 6.52. The van der Waals surface area contributed by atoms with Gasteiger partial charge in [0.05, 0.1) is 13.0 Å². The molecule has 1 aliphatic heterocycles. The molecule has 2 heterocycles. The molecular weight excluding hydrogens is 272 g/mol. The molecule has 0 aliphatic carbocycles. The highest BCUT2D eigenvalue weighted by Gasteiger charge is 2.35. The smallest absolute Gasteiger partial charge is 0.310 e. The molecule has 7 nitrogen and oxygen atoms in total. The van der Waals surface area contributed by atoms with Crippen LogP contribution in [0.1, 0.15) is 17.9 Å². The van der Waals surface area contributed by atoms with Gasteiger partial charge in [-0.05, 0) is 13.3 Å². The van der Waals surface area contributed by atoms with Crippen LogP contribution < -0.4 is 0 Å². The first kappa shape index (κ1) is 14.0. The van der Waals surface area contributed by atoms with Crippen LogP contribution in [0.5, 0.6) is 0 Å². The number of carbonyl (C=O) groups excluding carboxylic acids is 1. The zero-order valence-corrected chi connectivity index (χ0v) is 11.6. The van der Waals surface area contributed by atoms with Crippen LogP contribution in [0, 0.1) is 12.8 Å². The van der Waals surface area contributed by atoms with Crippen LogP contribution in [0.15, 0.2) is 10.6 Å². The summed E-state index contributed by atoms with van der Waals surface area (Å²) in [4.78, 5) is 11.4. The number of hydrogen-bond donors (Lipinski definition) is 0. The van der Waals surface area contributed by atoms with E-state index >= 15 is 0 Å². The van der Waals surface area contributed by atoms with Gasteiger partial charge in [0.15, 0.2) is 0 Å². The minimum atomic E-state index is -3.47. The molecule has 1 saturated heterocycles. The number of aryl methyl sites for hydroxylation is 1. The number of sulfonamides is 1. The Morgan fingerprint density at radius 3 is 2.95 bits per heavy atom. The van der Waals surface area contributed by atoms with Crippen LogP contribution >= 0.6 is 0 Å². The van der Waals surface area contributed by atoms with Gasteiger partial charge >= 0.3 is 5.97 Å². The summed E-state index contributed by atoms with van der Waals surface area (Å²) in [5.41, 5.74) is 0.374. The van der Waals surface area contributed by atoms with Crippen molar-refractivity contribution < 1.29 is 22.5 Å². The molecule has 1 aliphatic rings. The number of aromatic nitrogens is 1. The Kier molecular flexibility index (Phi) is 3.91. The Bertz CT molecular complexity index is 565. The monoisotopic (exact) mass is 288 g/mol. The quantitative estimate of drug-likeness (QED) is 0.741. The predicted molar refractivity (Wildman–Crippen MR) is 65.6 cm³/mol. The number of nitrogens with zero attached hydrogens (tertiary/aromatic N) is 2. The van der Waals surface area contributed by atoms with Gasteiger partial charge in [-0.1, -0.05) is 5.16 Å². The number of esters is 1. The predicted octanol–water partition coefficient (Wildman–Crippen LogP) is 0.308. The molecule has 0 bridgehead atoms. The maximum absolute atomic E-state index is 12.2. The highest BCUT2D eigenvalue weighted by molar-refractivity contribution is 7.88. The van der Waals surface area contributed by atoms with E-state index in [-0.39, 0.29) is 24.2 Å². The third-order valence-electron chi connectivity index (χ3n) is 3.09. The second-order valence-electron chi connectivity index (χ2n) is 4.55. The molecule has 1 fully saturated rings. The Hall–Kier alpha value is -1.41. The second kappa shape index (κ2) is 5.30. The van der Waals surface area contributed by atoms with Crippen LogP contribution in [0.3, 0.4) is 0 Å². The molecule has 0 amide bonds. The van der Waals surface area contributed by atoms with Crippen LogP contribution in [0.25, 0.3) is 0 Å². The zero-order chi connectivity index (χ0) is 14.0. The van der Waals surface area contributed by atoms with Crippen LogP contribution in [-0.4, -0.2) is 44.0 Å². The van der Waals surface area contributed by atoms with Crippen LogP contribution in [-0.2, 0) is 25.3 Å². The summed E-state index contributed by atoms with van der Waals surface area (Å²) in [5.74, 6) is -0.383. The molecule has 0 radical (unpaired) electrons. The molecule has 0 N–H and O–H groups in total. The molecule has 0 aromatic carbocycles. The van der Waals surface area contributed by atoms with Gasteiger partial charge in [-0.2, -0.15) is 0 Å². The summed E-state index contributed by atoms with van der Waals surface area (Å²) in [7, 11) is -2.17. The van der Waals surface area contributed by atoms with E-state index in [0.29, 0.717) is 24.4 Å². The SMILES string of the molecule is COC(=O)C1CCN(S(=O)(=O)Cc2cc(C)on2)C1. The summed E-state index contributed by atoms with van der Waals surface area (Å²) >= 11 is 0. The minimum Gasteiger partial charge on any atom is -0.469 e. The van der Waals surface area contributed by atoms with Gasteiger partial charge in [-0.3, -0.25) is 4.79 Å². The maximum Gasteiger partial charge on any atom is 0.310 e. The summed E-state index contributed by atoms with van der Waals surface area (Å²) < 4.78 is 35.1. The molecule has 1 aromatic heterocycles. The van der Waals surface area contributed by atoms with E-state index < -0.39 is 10.0 Å². The normalized spacial score (nSPS) is 20.6. The van der Waals surface area contributed by atoms with E-state index in [1.165, 1.54) is 11.4 Å². The van der Waals surface area contributed by atoms with Crippen molar-refractivity contribution in [2.45, 2.75) is 19.1 Å². The lowest BCUT2D eigenvalue weighted by atomic mass is 10.1. The fourth-order valence-electron chi connectivity index (χ4n) is 2.10. The fourth-order valence-corrected chi connectivity index (χ4v) is 3.59. The molecular formula is C11H16N2O5S. The number of methoxy groups -OCH3 is 1. The number of rotatable bonds is 4. The third-order valence-corrected chi connectivity index (χ3v) is 4.86. The van der Waals surface area contributed by atoms with Crippen LogP contribution in [0.4, 0.5) is 0 Å². The van der Waals surface area contributed by atoms with E-state index in [4.69, 9.17) is 4.52 Å². The van der Waals surface area contributed by atoms with E-state index in [9.17, 15) is 13.2 Å². The Morgan fingerprint density at radius 1 is 1.63 bits per heavy atom. The lowest BCUT2D eigenvalue weighted by Crippen LogP contribution is -2.31. The van der Waals surface area contributed by atoms with Crippen molar-refractivity contribution in [2.75, 3.05) is 20.2 Å². The van der Waals surface area contributed by atoms with Gasteiger partial charge in [-0.25, -0.2) is 12.7 Å². The Morgan fingerprint density at radius 2 is 2.37 bits per heavy atom. The van der Waals surface area contributed by atoms with Crippen molar-refractivity contribution in [3.8, 4) is 0 Å². The van der Waals surface area contributed by atoms with Crippen molar-refractivity contribution in [1.82, 2.24) is 9.46 Å². The van der Waals surface area contributed by atoms with Crippen molar-refractivity contribution in [3.05, 3.63) is 17.5 Å². The lowest BCUT2D eigenvalue weighted by molar-refractivity contribution is -0.144. The van der Waals surface area contributed by atoms with Gasteiger partial charge in [0.1, 0.15) is 17.2 Å². The van der Waals surface area contributed by atoms with Gasteiger partial charge in [0.25, 0.3) is 0 Å². The largest absolute Gasteiger partial charge is 0.469 e. The average Bonchev–Trinajstić information content (AvgIpc) is 2.97. The Balaban J connectivity index is 2.03. The number of ether oxygens (including phenoxy) is 1. The lowest BCUT2D eigenvalue weighted by Gasteiger charge is -2.14. The molecule has 1 aromatic rings. The van der Waals surface area contributed by atoms with Gasteiger partial charge in [0, 0.05) is 19.2 Å². The molecule has 2 rings (SSSR count). The summed E-state index contributed by atoms with van der Waals surface area (Å²) in [6.45, 7) is 2.21. The molecule has 0 spiro atoms. The van der Waals surface area contributed by atoms with E-state index in [0.717, 1.165) is 0 Å². The molecule has 19 heavy (non-hydrogen) atoms. The molecule has 8 heteroatoms. The fraction of sp³-hybridized carbons (Fsp3) is 0.636. The summed E-state index contributed by atoms with van der Waals surface area (Å²) in [6.07, 6.45) is 0.490. The standard InChI is InChI=1S/C11H16N2O5S/c1-8-5-10(12-18-8)7-19(15,16)13-4-3-9(6-13)11(14)17-2/h5,9H,3-4,6-7H2,1-2H3. The molecule has 0 saturated carbocycles. The molecule has 106 valence electrons. The minimum absolute atomic E-state index is 0.172. The maximum atomic E-state index is 12.2. The van der Waals surface area contributed by atoms with E-state index in [1.54, 1.807) is 13.0 Å². The number of hydrogen-bond acceptors (Lipinski definition) is 6. The first-order valence-electron chi connectivity index (χ1n) is 5.90. The van der Waals surface area contributed by atoms with E-state index in [2.05, 4.69) is 9.89 Å². The summed E-state index contributed by atoms with van der Waals surface area (Å²) in [6, 6.07) is 1.59. The topological polar surface area (TPSA) is 89.7 Å². The number of carbonyl (C=O) groups is 1. The van der Waals surface area contributed by atoms with Crippen molar-refractivity contribution in [2.24, 2.45) is 5.92 Å². The van der Waals surface area contributed by atoms with Crippen molar-refractivity contribution in [1.29, 1.82) is 0 Å². The van der Waals surface area contributed by atoms with Gasteiger partial charge in [-0.15, -0.1) is 0 Å². The zero-order valence-electron chi connectivity index (χ0n) is 10.8. The molecule has 1 atom stereocenters. The third kappa shape index (κ3) is 3.13. The highest BCUT2D eigenvalue weighted by atomic mass is 32.2. The first-order chi connectivity index (χ1) is 8.92. The Labute approximate surface area is 111 Å². The van der Waals surface area contributed by atoms with Gasteiger partial charge < -0.3 is 9.26 Å². The van der Waals surface area contributed by atoms with Gasteiger partial charge in [0.2, 0.25) is 10.0 Å². The molecule has 1 unspecified atom stereocenters. The highest BCUT2D eigenvalue weighted by Crippen LogP contribution is 2.22. The van der Waals surface area contributed by atoms with Crippen LogP contribution in [0.2, 0.25) is 0 Å². The van der Waals surface area contributed by atoms with E-state index in [1.807, 2.05) is 0 Å². The summed E-state index contributed by atoms with van der Waals surface area (Å²) in [5, 5.41) is 3.67. The average molecular weight is 288 g/mol. The van der Waals surface area contributed by atoms with Crippen molar-refractivity contribution >= 4 is 16.0 Å². The first-order valence-corrected chi connectivity index (χ1v) is 7.51.